The second-order valence-electron chi connectivity index (χ2n) is 7.60. The quantitative estimate of drug-likeness (QED) is 0.186. The van der Waals surface area contributed by atoms with E-state index in [1.165, 1.54) is 24.4 Å². The fourth-order valence-corrected chi connectivity index (χ4v) is 4.34. The Labute approximate surface area is 201 Å². The van der Waals surface area contributed by atoms with Crippen LogP contribution >= 0.6 is 0 Å². The Kier molecular flexibility index (Phi) is 7.10. The maximum Gasteiger partial charge on any atom is 0.360 e. The normalized spacial score (nSPS) is 13.2. The molecule has 0 bridgehead atoms. The number of nitrogens with zero attached hydrogens (tertiary/aromatic N) is 3. The van der Waals surface area contributed by atoms with Crippen LogP contribution in [0.3, 0.4) is 0 Å². The number of nitrogens with one attached hydrogen (secondary N) is 3. The summed E-state index contributed by atoms with van der Waals surface area (Å²) in [4.78, 5) is 25.6. The minimum atomic E-state index is -4.54. The molecule has 0 saturated heterocycles. The van der Waals surface area contributed by atoms with Gasteiger partial charge in [-0.1, -0.05) is 18.2 Å². The highest BCUT2D eigenvalue weighted by Crippen LogP contribution is 2.39. The van der Waals surface area contributed by atoms with E-state index in [0.29, 0.717) is 18.5 Å². The lowest BCUT2D eigenvalue weighted by Crippen LogP contribution is -2.33. The van der Waals surface area contributed by atoms with Gasteiger partial charge in [0.2, 0.25) is 5.95 Å². The van der Waals surface area contributed by atoms with Gasteiger partial charge in [0.05, 0.1) is 29.2 Å². The fourth-order valence-electron chi connectivity index (χ4n) is 3.34. The van der Waals surface area contributed by atoms with Crippen molar-refractivity contribution < 1.29 is 27.0 Å². The number of carbonyl (C=O) groups excluding carboxylic acids is 1. The number of anilines is 5. The highest BCUT2D eigenvalue weighted by atomic mass is 32.2. The largest absolute Gasteiger partial charge is 0.360 e. The van der Waals surface area contributed by atoms with E-state index in [9.17, 15) is 22.2 Å². The predicted molar refractivity (Wildman–Crippen MR) is 128 cm³/mol. The minimum absolute atomic E-state index is 0.0934. The Bertz CT molecular complexity index is 1340. The molecule has 0 spiro atoms. The van der Waals surface area contributed by atoms with Crippen LogP contribution in [0.15, 0.2) is 54.7 Å². The van der Waals surface area contributed by atoms with Gasteiger partial charge in [0.1, 0.15) is 11.6 Å². The third-order valence-electron chi connectivity index (χ3n) is 4.97. The lowest BCUT2D eigenvalue weighted by molar-refractivity contribution is 0.0365. The van der Waals surface area contributed by atoms with Crippen molar-refractivity contribution in [3.8, 4) is 0 Å². The Morgan fingerprint density at radius 1 is 1.14 bits per heavy atom. The van der Waals surface area contributed by atoms with Gasteiger partial charge < -0.3 is 10.6 Å². The summed E-state index contributed by atoms with van der Waals surface area (Å²) < 4.78 is 48.5. The summed E-state index contributed by atoms with van der Waals surface area (Å²) in [6.45, 7) is 1.94. The molecule has 35 heavy (non-hydrogen) atoms. The van der Waals surface area contributed by atoms with Crippen LogP contribution in [0.1, 0.15) is 30.1 Å². The number of benzene rings is 1. The summed E-state index contributed by atoms with van der Waals surface area (Å²) in [5.41, 5.74) is 3.17. The van der Waals surface area contributed by atoms with E-state index < -0.39 is 22.2 Å². The SMILES string of the molecule is CCONC(=O)c1cnc(Nc2cccc(F)n2)cc1Nc1ccccc1N(C1CC1)S(=O)(=O)O. The molecule has 4 N–H and O–H groups in total. The molecule has 13 heteroatoms. The van der Waals surface area contributed by atoms with E-state index >= 15 is 0 Å². The molecule has 1 aromatic carbocycles. The minimum Gasteiger partial charge on any atom is -0.353 e. The van der Waals surface area contributed by atoms with Gasteiger partial charge in [-0.25, -0.2) is 19.8 Å². The van der Waals surface area contributed by atoms with Crippen LogP contribution < -0.4 is 20.4 Å². The number of hydrogen-bond donors (Lipinski definition) is 4. The van der Waals surface area contributed by atoms with Crippen molar-refractivity contribution in [2.45, 2.75) is 25.8 Å². The van der Waals surface area contributed by atoms with Crippen molar-refractivity contribution in [3.05, 3.63) is 66.2 Å². The first kappa shape index (κ1) is 24.3. The van der Waals surface area contributed by atoms with Crippen LogP contribution in [0.25, 0.3) is 0 Å². The second kappa shape index (κ2) is 10.2. The highest BCUT2D eigenvalue weighted by Gasteiger charge is 2.37. The van der Waals surface area contributed by atoms with Gasteiger partial charge in [-0.05, 0) is 44.0 Å². The summed E-state index contributed by atoms with van der Waals surface area (Å²) in [6.07, 6.45) is 2.50. The molecule has 3 aromatic rings. The van der Waals surface area contributed by atoms with Gasteiger partial charge in [0.25, 0.3) is 5.91 Å². The second-order valence-corrected chi connectivity index (χ2v) is 8.89. The first-order valence-corrected chi connectivity index (χ1v) is 12.1. The first-order chi connectivity index (χ1) is 16.8. The molecule has 1 aliphatic carbocycles. The zero-order chi connectivity index (χ0) is 25.0. The van der Waals surface area contributed by atoms with Crippen molar-refractivity contribution in [2.75, 3.05) is 21.5 Å². The lowest BCUT2D eigenvalue weighted by Gasteiger charge is -2.24. The predicted octanol–water partition coefficient (Wildman–Crippen LogP) is 3.56. The molecular weight excluding hydrogens is 479 g/mol. The summed E-state index contributed by atoms with van der Waals surface area (Å²) >= 11 is 0. The van der Waals surface area contributed by atoms with Gasteiger partial charge in [-0.2, -0.15) is 12.8 Å². The van der Waals surface area contributed by atoms with Crippen LogP contribution in [0.2, 0.25) is 0 Å². The van der Waals surface area contributed by atoms with Crippen LogP contribution in [0.4, 0.5) is 33.1 Å². The summed E-state index contributed by atoms with van der Waals surface area (Å²) in [7, 11) is -4.54. The zero-order valence-corrected chi connectivity index (χ0v) is 19.4. The van der Waals surface area contributed by atoms with E-state index in [1.54, 1.807) is 37.3 Å². The highest BCUT2D eigenvalue weighted by molar-refractivity contribution is 7.87. The number of amides is 1. The van der Waals surface area contributed by atoms with Crippen LogP contribution in [0, 0.1) is 5.95 Å². The average Bonchev–Trinajstić information content (AvgIpc) is 3.63. The first-order valence-electron chi connectivity index (χ1n) is 10.7. The Morgan fingerprint density at radius 3 is 2.60 bits per heavy atom. The summed E-state index contributed by atoms with van der Waals surface area (Å²) in [5.74, 6) is -0.838. The standard InChI is InChI=1S/C22H23FN6O5S/c1-2-34-28-22(30)15-13-24-21(27-20-9-5-8-19(23)26-20)12-17(15)25-16-6-3-4-7-18(16)29(14-10-11-14)35(31,32)33/h3-9,12-14H,2,10-11H2,1H3,(H,28,30)(H,31,32,33)(H2,24,25,26,27). The number of pyridine rings is 2. The van der Waals surface area contributed by atoms with E-state index in [2.05, 4.69) is 26.1 Å². The molecule has 0 unspecified atom stereocenters. The van der Waals surface area contributed by atoms with E-state index in [-0.39, 0.29) is 41.2 Å². The number of aromatic nitrogens is 2. The Hall–Kier alpha value is -3.81. The van der Waals surface area contributed by atoms with Gasteiger partial charge in [-0.3, -0.25) is 14.2 Å². The van der Waals surface area contributed by atoms with Crippen molar-refractivity contribution >= 4 is 44.9 Å². The zero-order valence-electron chi connectivity index (χ0n) is 18.6. The smallest absolute Gasteiger partial charge is 0.353 e. The van der Waals surface area contributed by atoms with Gasteiger partial charge >= 0.3 is 10.3 Å². The number of hydroxylamine groups is 1. The Morgan fingerprint density at radius 2 is 1.91 bits per heavy atom. The molecular formula is C22H23FN6O5S. The van der Waals surface area contributed by atoms with Crippen molar-refractivity contribution in [1.29, 1.82) is 0 Å². The van der Waals surface area contributed by atoms with E-state index in [0.717, 1.165) is 4.31 Å². The maximum atomic E-state index is 13.5. The molecule has 0 aliphatic heterocycles. The van der Waals surface area contributed by atoms with E-state index in [1.807, 2.05) is 0 Å². The van der Waals surface area contributed by atoms with Gasteiger partial charge in [0.15, 0.2) is 0 Å². The van der Waals surface area contributed by atoms with Crippen molar-refractivity contribution in [2.24, 2.45) is 0 Å². The lowest BCUT2D eigenvalue weighted by atomic mass is 10.2. The molecule has 0 radical (unpaired) electrons. The number of hydrogen-bond acceptors (Lipinski definition) is 8. The summed E-state index contributed by atoms with van der Waals surface area (Å²) in [6, 6.07) is 11.8. The Balaban J connectivity index is 1.72. The average molecular weight is 503 g/mol. The van der Waals surface area contributed by atoms with Crippen molar-refractivity contribution in [3.63, 3.8) is 0 Å². The molecule has 4 rings (SSSR count). The molecule has 2 aromatic heterocycles. The van der Waals surface area contributed by atoms with Crippen LogP contribution in [-0.4, -0.2) is 41.5 Å². The molecule has 1 fully saturated rings. The monoisotopic (exact) mass is 502 g/mol. The molecule has 184 valence electrons. The molecule has 1 aliphatic rings. The maximum absolute atomic E-state index is 13.5. The number of rotatable bonds is 10. The van der Waals surface area contributed by atoms with E-state index in [4.69, 9.17) is 4.84 Å². The molecule has 1 amide bonds. The number of halogens is 1. The summed E-state index contributed by atoms with van der Waals surface area (Å²) in [5, 5.41) is 5.92. The fraction of sp³-hybridized carbons (Fsp3) is 0.227. The molecule has 11 nitrogen and oxygen atoms in total. The molecule has 2 heterocycles. The van der Waals surface area contributed by atoms with Crippen LogP contribution in [-0.2, 0) is 15.1 Å². The molecule has 1 saturated carbocycles. The van der Waals surface area contributed by atoms with Crippen molar-refractivity contribution in [1.82, 2.24) is 15.4 Å². The van der Waals surface area contributed by atoms with Crippen LogP contribution in [0.5, 0.6) is 0 Å². The van der Waals surface area contributed by atoms with Gasteiger partial charge in [-0.15, -0.1) is 0 Å². The van der Waals surface area contributed by atoms with Gasteiger partial charge in [0, 0.05) is 18.3 Å². The number of carbonyl (C=O) groups is 1. The third-order valence-corrected chi connectivity index (χ3v) is 5.96. The number of para-hydroxylation sites is 2. The molecule has 0 atom stereocenters. The third kappa shape index (κ3) is 6.01. The topological polar surface area (TPSA) is 146 Å².